The van der Waals surface area contributed by atoms with Gasteiger partial charge < -0.3 is 4.13 Å². The standard InChI is InChI=1S/C9H18N3.C2F6NO4S2/c1-10-7-8-11(2)9(10)12-5-3-4-6-12;3-1(4,5)14(10,11)9-15(12,13)2(6,7)8/h3-8H2,1-2H3;/q+1;-1. The van der Waals surface area contributed by atoms with E-state index in [0.29, 0.717) is 0 Å². The topological polar surface area (TPSA) is 91.9 Å². The van der Waals surface area contributed by atoms with Crippen molar-refractivity contribution in [2.75, 3.05) is 40.3 Å². The lowest BCUT2D eigenvalue weighted by molar-refractivity contribution is -0.491. The Morgan fingerprint density at radius 1 is 0.889 bits per heavy atom. The Morgan fingerprint density at radius 2 is 1.30 bits per heavy atom. The molecule has 0 N–H and O–H groups in total. The lowest BCUT2D eigenvalue weighted by Crippen LogP contribution is -2.40. The van der Waals surface area contributed by atoms with Gasteiger partial charge in [0, 0.05) is 0 Å². The second-order valence-electron chi connectivity index (χ2n) is 5.75. The lowest BCUT2D eigenvalue weighted by atomic mass is 10.4. The van der Waals surface area contributed by atoms with Crippen LogP contribution in [-0.2, 0) is 20.0 Å². The van der Waals surface area contributed by atoms with Gasteiger partial charge in [-0.25, -0.2) is 16.8 Å². The molecule has 0 aromatic heterocycles. The van der Waals surface area contributed by atoms with E-state index < -0.39 is 31.1 Å². The molecular formula is C11H18F6N4O4S2. The molecule has 0 aromatic rings. The summed E-state index contributed by atoms with van der Waals surface area (Å²) < 4.78 is 112. The van der Waals surface area contributed by atoms with Crippen LogP contribution in [0.3, 0.4) is 0 Å². The van der Waals surface area contributed by atoms with Crippen LogP contribution in [0.5, 0.6) is 0 Å². The van der Waals surface area contributed by atoms with Crippen molar-refractivity contribution in [3.8, 4) is 0 Å². The lowest BCUT2D eigenvalue weighted by Gasteiger charge is -2.22. The van der Waals surface area contributed by atoms with Gasteiger partial charge in [0.05, 0.1) is 40.3 Å². The molecule has 2 aliphatic heterocycles. The van der Waals surface area contributed by atoms with E-state index >= 15 is 0 Å². The minimum Gasteiger partial charge on any atom is -0.421 e. The predicted octanol–water partition coefficient (Wildman–Crippen LogP) is 1.09. The maximum absolute atomic E-state index is 11.4. The normalized spacial score (nSPS) is 19.4. The van der Waals surface area contributed by atoms with Crippen LogP contribution in [0.1, 0.15) is 12.8 Å². The molecule has 8 nitrogen and oxygen atoms in total. The molecule has 2 aliphatic rings. The first-order valence-corrected chi connectivity index (χ1v) is 10.3. The summed E-state index contributed by atoms with van der Waals surface area (Å²) in [6.45, 7) is 4.87. The Morgan fingerprint density at radius 3 is 1.59 bits per heavy atom. The second-order valence-corrected chi connectivity index (χ2v) is 9.18. The van der Waals surface area contributed by atoms with E-state index in [1.807, 2.05) is 0 Å². The van der Waals surface area contributed by atoms with Crippen molar-refractivity contribution < 1.29 is 47.8 Å². The molecule has 0 bridgehead atoms. The SMILES string of the molecule is CN1CC[N+](C)=C1N1CCCC1.O=S(=O)([N-]S(=O)(=O)C(F)(F)F)C(F)(F)F. The number of rotatable bonds is 2. The molecular weight excluding hydrogens is 430 g/mol. The molecule has 0 atom stereocenters. The molecule has 0 radical (unpaired) electrons. The van der Waals surface area contributed by atoms with Crippen LogP contribution in [-0.4, -0.2) is 88.5 Å². The van der Waals surface area contributed by atoms with Gasteiger partial charge in [-0.3, -0.25) is 14.4 Å². The number of halogens is 6. The molecule has 0 saturated carbocycles. The van der Waals surface area contributed by atoms with Crippen molar-refractivity contribution >= 4 is 26.0 Å². The maximum atomic E-state index is 11.4. The van der Waals surface area contributed by atoms with Crippen LogP contribution in [0, 0.1) is 0 Å². The molecule has 27 heavy (non-hydrogen) atoms. The quantitative estimate of drug-likeness (QED) is 0.464. The monoisotopic (exact) mass is 448 g/mol. The largest absolute Gasteiger partial charge is 0.480 e. The number of likely N-dealkylation sites (N-methyl/N-ethyl adjacent to an activating group) is 2. The highest BCUT2D eigenvalue weighted by atomic mass is 32.3. The van der Waals surface area contributed by atoms with Gasteiger partial charge in [0.15, 0.2) is 20.0 Å². The van der Waals surface area contributed by atoms with Gasteiger partial charge in [-0.15, -0.1) is 0 Å². The highest BCUT2D eigenvalue weighted by Crippen LogP contribution is 2.36. The van der Waals surface area contributed by atoms with Crippen LogP contribution >= 0.6 is 0 Å². The fourth-order valence-corrected chi connectivity index (χ4v) is 4.11. The van der Waals surface area contributed by atoms with Crippen LogP contribution < -0.4 is 0 Å². The van der Waals surface area contributed by atoms with E-state index in [-0.39, 0.29) is 0 Å². The van der Waals surface area contributed by atoms with E-state index in [2.05, 4.69) is 28.5 Å². The Kier molecular flexibility index (Phi) is 7.02. The number of likely N-dealkylation sites (tertiary alicyclic amines) is 1. The van der Waals surface area contributed by atoms with E-state index in [0.717, 1.165) is 4.13 Å². The zero-order chi connectivity index (χ0) is 21.3. The van der Waals surface area contributed by atoms with E-state index in [1.165, 1.54) is 45.0 Å². The Hall–Kier alpha value is -1.29. The molecule has 0 aromatic carbocycles. The molecule has 0 unspecified atom stereocenters. The molecule has 2 rings (SSSR count). The summed E-state index contributed by atoms with van der Waals surface area (Å²) in [5.74, 6) is 1.44. The zero-order valence-electron chi connectivity index (χ0n) is 14.2. The fraction of sp³-hybridized carbons (Fsp3) is 0.909. The maximum Gasteiger partial charge on any atom is 0.480 e. The van der Waals surface area contributed by atoms with Gasteiger partial charge in [-0.05, 0) is 12.8 Å². The number of hydrogen-bond donors (Lipinski definition) is 0. The summed E-state index contributed by atoms with van der Waals surface area (Å²) >= 11 is 0. The van der Waals surface area contributed by atoms with Crippen LogP contribution in [0.25, 0.3) is 4.13 Å². The fourth-order valence-electron chi connectivity index (χ4n) is 2.41. The predicted molar refractivity (Wildman–Crippen MR) is 82.8 cm³/mol. The summed E-state index contributed by atoms with van der Waals surface area (Å²) in [7, 11) is -9.06. The minimum atomic E-state index is -6.72. The molecule has 1 fully saturated rings. The number of nitrogens with zero attached hydrogens (tertiary/aromatic N) is 4. The molecule has 160 valence electrons. The molecule has 16 heteroatoms. The van der Waals surface area contributed by atoms with Gasteiger partial charge in [-0.2, -0.15) is 26.3 Å². The highest BCUT2D eigenvalue weighted by molar-refractivity contribution is 8.13. The second kappa shape index (κ2) is 7.98. The number of hydrogen-bond acceptors (Lipinski definition) is 6. The van der Waals surface area contributed by atoms with Crippen molar-refractivity contribution in [2.45, 2.75) is 23.9 Å². The van der Waals surface area contributed by atoms with E-state index in [4.69, 9.17) is 0 Å². The van der Waals surface area contributed by atoms with Gasteiger partial charge in [0.2, 0.25) is 0 Å². The van der Waals surface area contributed by atoms with Gasteiger partial charge >= 0.3 is 17.0 Å². The number of guanidine groups is 1. The third-order valence-corrected chi connectivity index (χ3v) is 6.36. The summed E-state index contributed by atoms with van der Waals surface area (Å²) in [5.41, 5.74) is -12.4. The average molecular weight is 448 g/mol. The van der Waals surface area contributed by atoms with Gasteiger partial charge in [-0.1, -0.05) is 0 Å². The summed E-state index contributed by atoms with van der Waals surface area (Å²) in [5, 5.41) is 0. The highest BCUT2D eigenvalue weighted by Gasteiger charge is 2.46. The van der Waals surface area contributed by atoms with Crippen molar-refractivity contribution in [1.82, 2.24) is 9.80 Å². The molecule has 2 heterocycles. The van der Waals surface area contributed by atoms with Crippen molar-refractivity contribution in [3.05, 3.63) is 4.13 Å². The smallest absolute Gasteiger partial charge is 0.421 e. The van der Waals surface area contributed by atoms with Crippen LogP contribution in [0.2, 0.25) is 0 Å². The van der Waals surface area contributed by atoms with Gasteiger partial charge in [0.1, 0.15) is 0 Å². The molecule has 0 spiro atoms. The first kappa shape index (κ1) is 23.7. The summed E-state index contributed by atoms with van der Waals surface area (Å²) in [4.78, 5) is 4.87. The number of sulfonamides is 2. The third kappa shape index (κ3) is 5.84. The average Bonchev–Trinajstić information content (AvgIpc) is 3.06. The van der Waals surface area contributed by atoms with Crippen molar-refractivity contribution in [1.29, 1.82) is 0 Å². The Bertz CT molecular complexity index is 728. The van der Waals surface area contributed by atoms with E-state index in [9.17, 15) is 43.2 Å². The first-order valence-electron chi connectivity index (χ1n) is 7.40. The number of alkyl halides is 6. The molecule has 1 saturated heterocycles. The molecule has 0 amide bonds. The minimum absolute atomic E-state index is 0.778. The Labute approximate surface area is 152 Å². The van der Waals surface area contributed by atoms with Crippen LogP contribution in [0.15, 0.2) is 0 Å². The summed E-state index contributed by atoms with van der Waals surface area (Å²) in [6.07, 6.45) is 2.73. The zero-order valence-corrected chi connectivity index (χ0v) is 15.9. The van der Waals surface area contributed by atoms with Gasteiger partial charge in [0.25, 0.3) is 0 Å². The van der Waals surface area contributed by atoms with Crippen LogP contribution in [0.4, 0.5) is 26.3 Å². The third-order valence-electron chi connectivity index (χ3n) is 3.62. The van der Waals surface area contributed by atoms with E-state index in [1.54, 1.807) is 0 Å². The molecule has 0 aliphatic carbocycles. The van der Waals surface area contributed by atoms with Crippen molar-refractivity contribution in [3.63, 3.8) is 0 Å². The van der Waals surface area contributed by atoms with Crippen molar-refractivity contribution in [2.24, 2.45) is 0 Å². The Balaban J connectivity index is 0.000000274. The summed E-state index contributed by atoms with van der Waals surface area (Å²) in [6, 6.07) is 0. The first-order chi connectivity index (χ1) is 12.0.